The lowest BCUT2D eigenvalue weighted by Crippen LogP contribution is -2.28. The Bertz CT molecular complexity index is 599. The van der Waals surface area contributed by atoms with Gasteiger partial charge in [-0.1, -0.05) is 55.5 Å². The molecule has 0 heterocycles. The summed E-state index contributed by atoms with van der Waals surface area (Å²) >= 11 is 6.06. The van der Waals surface area contributed by atoms with Crippen LogP contribution in [0.2, 0.25) is 5.02 Å². The zero-order chi connectivity index (χ0) is 16.5. The molecule has 2 rings (SSSR count). The third-order valence-electron chi connectivity index (χ3n) is 4.08. The summed E-state index contributed by atoms with van der Waals surface area (Å²) in [4.78, 5) is 12.1. The number of hydrogen-bond acceptors (Lipinski definition) is 3. The fourth-order valence-electron chi connectivity index (χ4n) is 2.71. The number of carbonyl (C=O) groups excluding carboxylic acids is 1. The number of hydrogen-bond donors (Lipinski definition) is 2. The van der Waals surface area contributed by atoms with Crippen LogP contribution in [-0.4, -0.2) is 11.9 Å². The first kappa shape index (κ1) is 17.4. The monoisotopic (exact) mass is 331 g/mol. The maximum absolute atomic E-state index is 12.1. The van der Waals surface area contributed by atoms with Gasteiger partial charge in [-0.2, -0.15) is 5.26 Å². The van der Waals surface area contributed by atoms with Crippen LogP contribution in [0.3, 0.4) is 0 Å². The Balaban J connectivity index is 1.89. The van der Waals surface area contributed by atoms with Crippen molar-refractivity contribution < 1.29 is 4.79 Å². The highest BCUT2D eigenvalue weighted by atomic mass is 35.5. The maximum Gasteiger partial charge on any atom is 0.263 e. The topological polar surface area (TPSA) is 64.9 Å². The lowest BCUT2D eigenvalue weighted by molar-refractivity contribution is -0.117. The molecule has 23 heavy (non-hydrogen) atoms. The molecule has 1 saturated carbocycles. The van der Waals surface area contributed by atoms with E-state index in [9.17, 15) is 10.1 Å². The van der Waals surface area contributed by atoms with Crippen molar-refractivity contribution in [3.8, 4) is 6.07 Å². The second kappa shape index (κ2) is 9.22. The zero-order valence-corrected chi connectivity index (χ0v) is 13.9. The second-order valence-corrected chi connectivity index (χ2v) is 6.21. The van der Waals surface area contributed by atoms with Gasteiger partial charge < -0.3 is 10.6 Å². The molecule has 1 aromatic carbocycles. The van der Waals surface area contributed by atoms with E-state index in [2.05, 4.69) is 10.6 Å². The number of nitrogens with zero attached hydrogens (tertiary/aromatic N) is 1. The number of benzene rings is 1. The zero-order valence-electron chi connectivity index (χ0n) is 13.1. The molecule has 4 nitrogen and oxygen atoms in total. The van der Waals surface area contributed by atoms with Crippen LogP contribution in [0.15, 0.2) is 36.0 Å². The van der Waals surface area contributed by atoms with Crippen molar-refractivity contribution in [1.29, 1.82) is 5.26 Å². The van der Waals surface area contributed by atoms with Crippen molar-refractivity contribution in [1.82, 2.24) is 10.6 Å². The summed E-state index contributed by atoms with van der Waals surface area (Å²) in [5.74, 6) is -0.381. The summed E-state index contributed by atoms with van der Waals surface area (Å²) < 4.78 is 0. The Hall–Kier alpha value is -1.99. The average Bonchev–Trinajstić information content (AvgIpc) is 2.83. The van der Waals surface area contributed by atoms with Crippen LogP contribution in [0, 0.1) is 11.3 Å². The fourth-order valence-corrected chi connectivity index (χ4v) is 2.91. The minimum atomic E-state index is -0.381. The van der Waals surface area contributed by atoms with Crippen molar-refractivity contribution in [3.63, 3.8) is 0 Å². The van der Waals surface area contributed by atoms with Gasteiger partial charge >= 0.3 is 0 Å². The number of nitrogens with one attached hydrogen (secondary N) is 2. The molecule has 0 aromatic heterocycles. The second-order valence-electron chi connectivity index (χ2n) is 5.80. The highest BCUT2D eigenvalue weighted by Crippen LogP contribution is 2.17. The smallest absolute Gasteiger partial charge is 0.263 e. The molecule has 0 bridgehead atoms. The van der Waals surface area contributed by atoms with Crippen molar-refractivity contribution in [2.75, 3.05) is 0 Å². The summed E-state index contributed by atoms with van der Waals surface area (Å²) in [5.41, 5.74) is 0.929. The molecule has 1 amide bonds. The van der Waals surface area contributed by atoms with Crippen molar-refractivity contribution in [2.45, 2.75) is 51.1 Å². The van der Waals surface area contributed by atoms with E-state index in [1.807, 2.05) is 24.3 Å². The third kappa shape index (κ3) is 5.61. The summed E-state index contributed by atoms with van der Waals surface area (Å²) in [7, 11) is 0. The van der Waals surface area contributed by atoms with Gasteiger partial charge in [-0.05, 0) is 24.5 Å². The minimum absolute atomic E-state index is 0.0984. The van der Waals surface area contributed by atoms with Crippen LogP contribution in [0.25, 0.3) is 0 Å². The number of nitriles is 1. The van der Waals surface area contributed by atoms with Crippen molar-refractivity contribution in [3.05, 3.63) is 46.6 Å². The van der Waals surface area contributed by atoms with Crippen LogP contribution in [-0.2, 0) is 11.3 Å². The van der Waals surface area contributed by atoms with Gasteiger partial charge in [0.05, 0.1) is 0 Å². The molecule has 5 heteroatoms. The van der Waals surface area contributed by atoms with E-state index < -0.39 is 0 Å². The lowest BCUT2D eigenvalue weighted by Gasteiger charge is -2.14. The Morgan fingerprint density at radius 1 is 1.26 bits per heavy atom. The van der Waals surface area contributed by atoms with E-state index in [1.54, 1.807) is 12.3 Å². The fraction of sp³-hybridized carbons (Fsp3) is 0.444. The van der Waals surface area contributed by atoms with Crippen LogP contribution in [0.4, 0.5) is 0 Å². The highest BCUT2D eigenvalue weighted by molar-refractivity contribution is 6.31. The van der Waals surface area contributed by atoms with Gasteiger partial charge in [-0.15, -0.1) is 0 Å². The third-order valence-corrected chi connectivity index (χ3v) is 4.45. The summed E-state index contributed by atoms with van der Waals surface area (Å²) in [6.07, 6.45) is 8.68. The van der Waals surface area contributed by atoms with Crippen LogP contribution < -0.4 is 10.6 Å². The number of halogens is 1. The largest absolute Gasteiger partial charge is 0.387 e. The van der Waals surface area contributed by atoms with E-state index >= 15 is 0 Å². The molecule has 122 valence electrons. The van der Waals surface area contributed by atoms with Crippen LogP contribution in [0.5, 0.6) is 0 Å². The Morgan fingerprint density at radius 2 is 1.96 bits per heavy atom. The highest BCUT2D eigenvalue weighted by Gasteiger charge is 2.13. The molecule has 0 unspecified atom stereocenters. The predicted molar refractivity (Wildman–Crippen MR) is 91.6 cm³/mol. The number of amides is 1. The minimum Gasteiger partial charge on any atom is -0.387 e. The van der Waals surface area contributed by atoms with Gasteiger partial charge in [0.15, 0.2) is 0 Å². The molecule has 1 aliphatic carbocycles. The van der Waals surface area contributed by atoms with Gasteiger partial charge in [0.25, 0.3) is 5.91 Å². The summed E-state index contributed by atoms with van der Waals surface area (Å²) in [6, 6.07) is 9.65. The van der Waals surface area contributed by atoms with Gasteiger partial charge in [-0.25, -0.2) is 0 Å². The van der Waals surface area contributed by atoms with Crippen LogP contribution in [0.1, 0.15) is 44.1 Å². The molecular formula is C18H22ClN3O. The number of rotatable bonds is 5. The van der Waals surface area contributed by atoms with E-state index in [0.717, 1.165) is 18.4 Å². The normalized spacial score (nSPS) is 16.3. The van der Waals surface area contributed by atoms with E-state index in [-0.39, 0.29) is 11.5 Å². The molecule has 0 radical (unpaired) electrons. The van der Waals surface area contributed by atoms with Crippen molar-refractivity contribution in [2.24, 2.45) is 0 Å². The SMILES string of the molecule is N#C/C(=C/NC1CCCCCC1)C(=O)NCc1ccccc1Cl. The van der Waals surface area contributed by atoms with Gasteiger partial charge in [0, 0.05) is 23.8 Å². The van der Waals surface area contributed by atoms with Gasteiger partial charge in [0.1, 0.15) is 11.6 Å². The molecule has 0 aliphatic heterocycles. The van der Waals surface area contributed by atoms with Crippen LogP contribution >= 0.6 is 11.6 Å². The van der Waals surface area contributed by atoms with Crippen molar-refractivity contribution >= 4 is 17.5 Å². The molecule has 1 aromatic rings. The first-order valence-corrected chi connectivity index (χ1v) is 8.46. The molecule has 0 saturated heterocycles. The molecule has 0 atom stereocenters. The Labute approximate surface area is 142 Å². The van der Waals surface area contributed by atoms with Gasteiger partial charge in [0.2, 0.25) is 0 Å². The maximum atomic E-state index is 12.1. The number of carbonyl (C=O) groups is 1. The summed E-state index contributed by atoms with van der Waals surface area (Å²) in [5, 5.41) is 15.8. The lowest BCUT2D eigenvalue weighted by atomic mass is 10.1. The van der Waals surface area contributed by atoms with Gasteiger partial charge in [-0.3, -0.25) is 4.79 Å². The predicted octanol–water partition coefficient (Wildman–Crippen LogP) is 3.68. The Kier molecular flexibility index (Phi) is 6.96. The first-order valence-electron chi connectivity index (χ1n) is 8.08. The van der Waals surface area contributed by atoms with E-state index in [0.29, 0.717) is 17.6 Å². The standard InChI is InChI=1S/C18H22ClN3O/c19-17-10-6-5-7-14(17)12-22-18(23)15(11-20)13-21-16-8-3-1-2-4-9-16/h5-7,10,13,16,21H,1-4,8-9,12H2,(H,22,23)/b15-13-. The quantitative estimate of drug-likeness (QED) is 0.491. The van der Waals surface area contributed by atoms with E-state index in [4.69, 9.17) is 11.6 Å². The molecule has 2 N–H and O–H groups in total. The molecule has 1 fully saturated rings. The van der Waals surface area contributed by atoms with E-state index in [1.165, 1.54) is 25.7 Å². The molecular weight excluding hydrogens is 310 g/mol. The average molecular weight is 332 g/mol. The Morgan fingerprint density at radius 3 is 2.61 bits per heavy atom. The first-order chi connectivity index (χ1) is 11.2. The molecule has 0 spiro atoms. The molecule has 1 aliphatic rings. The summed E-state index contributed by atoms with van der Waals surface area (Å²) in [6.45, 7) is 0.307.